The Balaban J connectivity index is 1.73. The molecule has 7 heteroatoms. The minimum Gasteiger partial charge on any atom is -0.481 e. The molecule has 2 atom stereocenters. The third-order valence-electron chi connectivity index (χ3n) is 3.85. The molecule has 0 radical (unpaired) electrons. The standard InChI is InChI=1S/C14H18N4O3/c1-20-12-7-10(15-8-16-12)14-17-13(21-18-14)6-9-4-2-3-5-11(9)19/h7-9,11,19H,2-6H2,1H3. The van der Waals surface area contributed by atoms with E-state index in [0.29, 0.717) is 29.7 Å². The van der Waals surface area contributed by atoms with Crippen LogP contribution < -0.4 is 4.74 Å². The predicted octanol–water partition coefficient (Wildman–Crippen LogP) is 1.63. The lowest BCUT2D eigenvalue weighted by Gasteiger charge is -2.26. The van der Waals surface area contributed by atoms with E-state index in [0.717, 1.165) is 25.7 Å². The molecule has 2 heterocycles. The molecule has 0 saturated heterocycles. The zero-order valence-electron chi connectivity index (χ0n) is 11.9. The molecular weight excluding hydrogens is 272 g/mol. The highest BCUT2D eigenvalue weighted by atomic mass is 16.5. The van der Waals surface area contributed by atoms with Crippen LogP contribution in [-0.2, 0) is 6.42 Å². The zero-order chi connectivity index (χ0) is 14.7. The summed E-state index contributed by atoms with van der Waals surface area (Å²) in [6.45, 7) is 0. The van der Waals surface area contributed by atoms with Crippen LogP contribution in [0.15, 0.2) is 16.9 Å². The molecule has 0 aliphatic heterocycles. The maximum atomic E-state index is 10.00. The Kier molecular flexibility index (Phi) is 4.10. The van der Waals surface area contributed by atoms with Crippen molar-refractivity contribution in [1.82, 2.24) is 20.1 Å². The van der Waals surface area contributed by atoms with E-state index in [1.165, 1.54) is 13.4 Å². The first-order chi connectivity index (χ1) is 10.3. The van der Waals surface area contributed by atoms with E-state index in [1.807, 2.05) is 0 Å². The summed E-state index contributed by atoms with van der Waals surface area (Å²) in [7, 11) is 1.54. The largest absolute Gasteiger partial charge is 0.481 e. The van der Waals surface area contributed by atoms with E-state index in [1.54, 1.807) is 6.07 Å². The van der Waals surface area contributed by atoms with Gasteiger partial charge < -0.3 is 14.4 Å². The molecule has 2 unspecified atom stereocenters. The van der Waals surface area contributed by atoms with Crippen molar-refractivity contribution in [3.8, 4) is 17.4 Å². The lowest BCUT2D eigenvalue weighted by Crippen LogP contribution is -2.26. The smallest absolute Gasteiger partial charge is 0.227 e. The zero-order valence-corrected chi connectivity index (χ0v) is 11.9. The summed E-state index contributed by atoms with van der Waals surface area (Å²) in [5.74, 6) is 1.60. The quantitative estimate of drug-likeness (QED) is 0.914. The summed E-state index contributed by atoms with van der Waals surface area (Å²) in [4.78, 5) is 12.4. The van der Waals surface area contributed by atoms with Crippen LogP contribution in [0.2, 0.25) is 0 Å². The summed E-state index contributed by atoms with van der Waals surface area (Å²) in [5, 5.41) is 13.9. The number of aromatic nitrogens is 4. The van der Waals surface area contributed by atoms with Crippen molar-refractivity contribution < 1.29 is 14.4 Å². The lowest BCUT2D eigenvalue weighted by atomic mass is 9.84. The highest BCUT2D eigenvalue weighted by molar-refractivity contribution is 5.49. The summed E-state index contributed by atoms with van der Waals surface area (Å²) < 4.78 is 10.3. The van der Waals surface area contributed by atoms with Crippen molar-refractivity contribution in [1.29, 1.82) is 0 Å². The van der Waals surface area contributed by atoms with Crippen molar-refractivity contribution in [3.05, 3.63) is 18.3 Å². The third kappa shape index (κ3) is 3.18. The van der Waals surface area contributed by atoms with Crippen molar-refractivity contribution >= 4 is 0 Å². The minimum atomic E-state index is -0.270. The van der Waals surface area contributed by atoms with Crippen LogP contribution in [0.1, 0.15) is 31.6 Å². The Morgan fingerprint density at radius 3 is 3.00 bits per heavy atom. The van der Waals surface area contributed by atoms with Crippen LogP contribution in [0, 0.1) is 5.92 Å². The van der Waals surface area contributed by atoms with Gasteiger partial charge in [0.1, 0.15) is 12.0 Å². The highest BCUT2D eigenvalue weighted by Crippen LogP contribution is 2.27. The lowest BCUT2D eigenvalue weighted by molar-refractivity contribution is 0.0657. The second-order valence-corrected chi connectivity index (χ2v) is 5.27. The van der Waals surface area contributed by atoms with Gasteiger partial charge in [0.2, 0.25) is 17.6 Å². The van der Waals surface area contributed by atoms with Gasteiger partial charge in [0, 0.05) is 12.5 Å². The first-order valence-electron chi connectivity index (χ1n) is 7.13. The number of ether oxygens (including phenoxy) is 1. The average Bonchev–Trinajstić information content (AvgIpc) is 2.98. The summed E-state index contributed by atoms with van der Waals surface area (Å²) in [5.41, 5.74) is 0.557. The number of aliphatic hydroxyl groups is 1. The molecule has 112 valence electrons. The van der Waals surface area contributed by atoms with E-state index in [9.17, 15) is 5.11 Å². The summed E-state index contributed by atoms with van der Waals surface area (Å²) in [6, 6.07) is 1.66. The first-order valence-corrected chi connectivity index (χ1v) is 7.13. The molecule has 2 aromatic heterocycles. The molecule has 1 N–H and O–H groups in total. The van der Waals surface area contributed by atoms with Crippen molar-refractivity contribution in [2.45, 2.75) is 38.2 Å². The normalized spacial score (nSPS) is 22.2. The third-order valence-corrected chi connectivity index (χ3v) is 3.85. The first kappa shape index (κ1) is 13.9. The molecule has 21 heavy (non-hydrogen) atoms. The highest BCUT2D eigenvalue weighted by Gasteiger charge is 2.25. The maximum absolute atomic E-state index is 10.00. The van der Waals surface area contributed by atoms with E-state index in [2.05, 4.69) is 20.1 Å². The number of methoxy groups -OCH3 is 1. The van der Waals surface area contributed by atoms with Crippen LogP contribution in [0.3, 0.4) is 0 Å². The summed E-state index contributed by atoms with van der Waals surface area (Å²) >= 11 is 0. The number of rotatable bonds is 4. The van der Waals surface area contributed by atoms with Crippen LogP contribution in [0.5, 0.6) is 5.88 Å². The number of aliphatic hydroxyl groups excluding tert-OH is 1. The monoisotopic (exact) mass is 290 g/mol. The van der Waals surface area contributed by atoms with Crippen LogP contribution >= 0.6 is 0 Å². The van der Waals surface area contributed by atoms with Gasteiger partial charge in [-0.15, -0.1) is 0 Å². The Hall–Kier alpha value is -2.02. The number of nitrogens with zero attached hydrogens (tertiary/aromatic N) is 4. The van der Waals surface area contributed by atoms with Gasteiger partial charge in [-0.1, -0.05) is 18.0 Å². The Labute approximate surface area is 122 Å². The van der Waals surface area contributed by atoms with E-state index in [-0.39, 0.29) is 12.0 Å². The Morgan fingerprint density at radius 2 is 2.19 bits per heavy atom. The van der Waals surface area contributed by atoms with Crippen molar-refractivity contribution in [2.75, 3.05) is 7.11 Å². The van der Waals surface area contributed by atoms with Gasteiger partial charge in [-0.3, -0.25) is 0 Å². The average molecular weight is 290 g/mol. The molecular formula is C14H18N4O3. The molecule has 1 saturated carbocycles. The van der Waals surface area contributed by atoms with Gasteiger partial charge in [0.15, 0.2) is 0 Å². The molecule has 1 aliphatic carbocycles. The number of hydrogen-bond acceptors (Lipinski definition) is 7. The molecule has 1 aliphatic rings. The molecule has 0 bridgehead atoms. The maximum Gasteiger partial charge on any atom is 0.227 e. The molecule has 0 amide bonds. The van der Waals surface area contributed by atoms with Crippen LogP contribution in [-0.4, -0.2) is 38.4 Å². The van der Waals surface area contributed by atoms with Crippen molar-refractivity contribution in [2.24, 2.45) is 5.92 Å². The SMILES string of the molecule is COc1cc(-c2noc(CC3CCCCC3O)n2)ncn1. The molecule has 0 aromatic carbocycles. The van der Waals surface area contributed by atoms with E-state index in [4.69, 9.17) is 9.26 Å². The van der Waals surface area contributed by atoms with Gasteiger partial charge >= 0.3 is 0 Å². The molecule has 1 fully saturated rings. The molecule has 2 aromatic rings. The fraction of sp³-hybridized carbons (Fsp3) is 0.571. The van der Waals surface area contributed by atoms with Gasteiger partial charge in [0.25, 0.3) is 0 Å². The molecule has 0 spiro atoms. The van der Waals surface area contributed by atoms with Gasteiger partial charge in [-0.2, -0.15) is 4.98 Å². The van der Waals surface area contributed by atoms with E-state index < -0.39 is 0 Å². The molecule has 3 rings (SSSR count). The van der Waals surface area contributed by atoms with Crippen LogP contribution in [0.25, 0.3) is 11.5 Å². The minimum absolute atomic E-state index is 0.201. The number of hydrogen-bond donors (Lipinski definition) is 1. The topological polar surface area (TPSA) is 94.2 Å². The second kappa shape index (κ2) is 6.17. The second-order valence-electron chi connectivity index (χ2n) is 5.27. The Bertz CT molecular complexity index is 601. The fourth-order valence-corrected chi connectivity index (χ4v) is 2.67. The van der Waals surface area contributed by atoms with Gasteiger partial charge in [-0.25, -0.2) is 9.97 Å². The van der Waals surface area contributed by atoms with Gasteiger partial charge in [-0.05, 0) is 18.8 Å². The summed E-state index contributed by atoms with van der Waals surface area (Å²) in [6.07, 6.45) is 5.83. The Morgan fingerprint density at radius 1 is 1.33 bits per heavy atom. The van der Waals surface area contributed by atoms with Gasteiger partial charge in [0.05, 0.1) is 13.2 Å². The van der Waals surface area contributed by atoms with Crippen LogP contribution in [0.4, 0.5) is 0 Å². The van der Waals surface area contributed by atoms with E-state index >= 15 is 0 Å². The predicted molar refractivity (Wildman–Crippen MR) is 73.5 cm³/mol. The molecule has 7 nitrogen and oxygen atoms in total. The fourth-order valence-electron chi connectivity index (χ4n) is 2.67. The van der Waals surface area contributed by atoms with Crippen molar-refractivity contribution in [3.63, 3.8) is 0 Å².